The fraction of sp³-hybridized carbons (Fsp3) is 0.393. The van der Waals surface area contributed by atoms with Crippen molar-refractivity contribution in [3.8, 4) is 0 Å². The molecule has 0 saturated carbocycles. The summed E-state index contributed by atoms with van der Waals surface area (Å²) in [6.07, 6.45) is 0.413. The summed E-state index contributed by atoms with van der Waals surface area (Å²) in [5, 5.41) is 0. The number of hydrogen-bond donors (Lipinski definition) is 0. The Bertz CT molecular complexity index is 1690. The second kappa shape index (κ2) is 10.0. The average molecular weight is 646 g/mol. The van der Waals surface area contributed by atoms with E-state index in [-0.39, 0.29) is 24.6 Å². The van der Waals surface area contributed by atoms with Crippen molar-refractivity contribution in [2.75, 3.05) is 18.6 Å². The topological polar surface area (TPSA) is 83.8 Å². The van der Waals surface area contributed by atoms with E-state index in [2.05, 4.69) is 15.0 Å². The lowest BCUT2D eigenvalue weighted by Crippen LogP contribution is -2.32. The molecule has 0 radical (unpaired) electrons. The summed E-state index contributed by atoms with van der Waals surface area (Å²) in [6, 6.07) is 8.86. The third kappa shape index (κ3) is 6.21. The molecule has 238 valence electrons. The maximum Gasteiger partial charge on any atom is 0.310 e. The lowest BCUT2D eigenvalue weighted by molar-refractivity contribution is -0.202. The van der Waals surface area contributed by atoms with Crippen molar-refractivity contribution < 1.29 is 42.8 Å². The normalized spacial score (nSPS) is 24.7. The molecule has 9 nitrogen and oxygen atoms in total. The first-order valence-electron chi connectivity index (χ1n) is 13.5. The Hall–Kier alpha value is -3.44. The van der Waals surface area contributed by atoms with Crippen LogP contribution in [0.5, 0.6) is 0 Å². The van der Waals surface area contributed by atoms with Gasteiger partial charge in [-0.05, 0) is 49.2 Å². The van der Waals surface area contributed by atoms with E-state index < -0.39 is 45.4 Å². The van der Waals surface area contributed by atoms with Gasteiger partial charge in [-0.2, -0.15) is 0 Å². The van der Waals surface area contributed by atoms with Gasteiger partial charge in [-0.15, -0.1) is 0 Å². The third-order valence-corrected chi connectivity index (χ3v) is 8.49. The zero-order valence-corrected chi connectivity index (χ0v) is 24.6. The number of hydrogen-bond acceptors (Lipinski definition) is 8. The molecule has 0 spiro atoms. The van der Waals surface area contributed by atoms with E-state index in [4.69, 9.17) is 18.9 Å². The predicted molar refractivity (Wildman–Crippen MR) is 149 cm³/mol. The smallest absolute Gasteiger partial charge is 0.310 e. The number of fused-ring (bicyclic) bond motifs is 2. The lowest BCUT2D eigenvalue weighted by atomic mass is 10.1. The molecule has 2 saturated heterocycles. The van der Waals surface area contributed by atoms with Crippen LogP contribution in [0.25, 0.3) is 11.2 Å². The summed E-state index contributed by atoms with van der Waals surface area (Å²) >= 11 is 0. The van der Waals surface area contributed by atoms with E-state index in [9.17, 15) is 23.8 Å². The van der Waals surface area contributed by atoms with Gasteiger partial charge in [0.25, 0.3) is 0 Å². The first-order chi connectivity index (χ1) is 20.5. The highest BCUT2D eigenvalue weighted by molar-refractivity contribution is 8.45. The molecule has 0 aliphatic carbocycles. The third-order valence-electron chi connectivity index (χ3n) is 7.33. The second-order valence-electron chi connectivity index (χ2n) is 11.3. The predicted octanol–water partition coefficient (Wildman–Crippen LogP) is 6.89. The van der Waals surface area contributed by atoms with Crippen LogP contribution >= 0.6 is 10.2 Å². The molecule has 2 aliphatic heterocycles. The lowest BCUT2D eigenvalue weighted by Gasteiger charge is -2.40. The van der Waals surface area contributed by atoms with Gasteiger partial charge in [0.2, 0.25) is 0 Å². The second-order valence-corrected chi connectivity index (χ2v) is 13.7. The largest absolute Gasteiger partial charge is 0.374 e. The van der Waals surface area contributed by atoms with Crippen molar-refractivity contribution in [2.24, 2.45) is 0 Å². The number of aromatic nitrogens is 4. The molecule has 0 amide bonds. The van der Waals surface area contributed by atoms with Gasteiger partial charge in [-0.3, -0.25) is 4.57 Å². The minimum absolute atomic E-state index is 0.0242. The highest BCUT2D eigenvalue weighted by Gasteiger charge is 2.65. The van der Waals surface area contributed by atoms with Gasteiger partial charge in [-0.1, -0.05) is 43.7 Å². The molecule has 4 heterocycles. The molecule has 6 rings (SSSR count). The number of rotatable bonds is 9. The van der Waals surface area contributed by atoms with Gasteiger partial charge < -0.3 is 23.8 Å². The van der Waals surface area contributed by atoms with E-state index >= 15 is 0 Å². The van der Waals surface area contributed by atoms with Crippen molar-refractivity contribution in [3.05, 3.63) is 78.1 Å². The van der Waals surface area contributed by atoms with Crippen molar-refractivity contribution in [1.29, 1.82) is 0 Å². The van der Waals surface area contributed by atoms with Gasteiger partial charge in [0.15, 0.2) is 29.0 Å². The van der Waals surface area contributed by atoms with E-state index in [1.54, 1.807) is 37.9 Å². The van der Waals surface area contributed by atoms with Crippen LogP contribution < -0.4 is 4.90 Å². The van der Waals surface area contributed by atoms with E-state index in [1.165, 1.54) is 18.5 Å². The minimum Gasteiger partial charge on any atom is -0.374 e. The molecule has 2 fully saturated rings. The van der Waals surface area contributed by atoms with Crippen LogP contribution in [0.2, 0.25) is 0 Å². The van der Waals surface area contributed by atoms with Gasteiger partial charge in [0.05, 0.1) is 19.5 Å². The highest BCUT2D eigenvalue weighted by Crippen LogP contribution is 3.02. The van der Waals surface area contributed by atoms with E-state index in [1.807, 2.05) is 11.0 Å². The number of imidazole rings is 1. The Kier molecular flexibility index (Phi) is 6.97. The average Bonchev–Trinajstić information content (AvgIpc) is 3.58. The summed E-state index contributed by atoms with van der Waals surface area (Å²) in [4.78, 5) is 13.2. The highest BCUT2D eigenvalue weighted by atomic mass is 32.5. The number of anilines is 1. The standard InChI is InChI=1S/C28H29F6N5O4S/c1-28(2)42-23-21(14-40-13-17-7-9-20(10-8-17)44(30,31,32,33)34)41-27(24(23)43-28)39-16-37-22-25(35-15-36-26(22)39)38(3)12-18-5-4-6-19(29)11-18/h4-11,15-16,21,23-24,27H,12-14H2,1-3H3/t21-,23-,24-,27-/m1/s1. The first kappa shape index (κ1) is 30.6. The Morgan fingerprint density at radius 2 is 1.68 bits per heavy atom. The molecular weight excluding hydrogens is 616 g/mol. The van der Waals surface area contributed by atoms with Gasteiger partial charge in [0, 0.05) is 13.6 Å². The maximum absolute atomic E-state index is 13.7. The summed E-state index contributed by atoms with van der Waals surface area (Å²) < 4.78 is 105. The van der Waals surface area contributed by atoms with E-state index in [0.717, 1.165) is 17.7 Å². The molecule has 44 heavy (non-hydrogen) atoms. The van der Waals surface area contributed by atoms with Gasteiger partial charge >= 0.3 is 10.2 Å². The quantitative estimate of drug-likeness (QED) is 0.182. The van der Waals surface area contributed by atoms with Crippen LogP contribution in [0.3, 0.4) is 0 Å². The fourth-order valence-electron chi connectivity index (χ4n) is 5.44. The van der Waals surface area contributed by atoms with Gasteiger partial charge in [-0.25, -0.2) is 19.3 Å². The van der Waals surface area contributed by atoms with Crippen LogP contribution in [-0.2, 0) is 32.1 Å². The minimum atomic E-state index is -9.76. The molecule has 0 bridgehead atoms. The van der Waals surface area contributed by atoms with Crippen molar-refractivity contribution >= 4 is 27.2 Å². The van der Waals surface area contributed by atoms with Crippen LogP contribution in [0.15, 0.2) is 66.1 Å². The van der Waals surface area contributed by atoms with Crippen LogP contribution in [0.4, 0.5) is 29.6 Å². The Labute approximate surface area is 248 Å². The molecule has 4 atom stereocenters. The Morgan fingerprint density at radius 1 is 0.955 bits per heavy atom. The van der Waals surface area contributed by atoms with Crippen LogP contribution in [-0.4, -0.2) is 57.3 Å². The summed E-state index contributed by atoms with van der Waals surface area (Å²) in [6.45, 7) is 3.72. The van der Waals surface area contributed by atoms with Crippen molar-refractivity contribution in [2.45, 2.75) is 62.2 Å². The maximum atomic E-state index is 13.7. The molecular formula is C28H29F6N5O4S. The SMILES string of the molecule is CN(Cc1cccc(F)c1)c1ncnc2c1ncn2[C@@H]1O[C@H](COCc2ccc(S(F)(F)(F)(F)F)cc2)[C@H]2OC(C)(C)O[C@H]21. The number of halogens is 6. The van der Waals surface area contributed by atoms with Gasteiger partial charge in [0.1, 0.15) is 35.4 Å². The monoisotopic (exact) mass is 645 g/mol. The zero-order chi connectivity index (χ0) is 31.6. The Morgan fingerprint density at radius 3 is 2.39 bits per heavy atom. The molecule has 4 aromatic rings. The summed E-state index contributed by atoms with van der Waals surface area (Å²) in [5.74, 6) is -0.766. The molecule has 2 aromatic carbocycles. The molecule has 0 N–H and O–H groups in total. The molecule has 2 aliphatic rings. The van der Waals surface area contributed by atoms with Crippen molar-refractivity contribution in [1.82, 2.24) is 19.5 Å². The Balaban J connectivity index is 1.19. The number of benzene rings is 2. The number of nitrogens with zero attached hydrogens (tertiary/aromatic N) is 5. The summed E-state index contributed by atoms with van der Waals surface area (Å²) in [5.41, 5.74) is 1.97. The summed E-state index contributed by atoms with van der Waals surface area (Å²) in [7, 11) is -7.95. The van der Waals surface area contributed by atoms with Crippen LogP contribution in [0.1, 0.15) is 31.2 Å². The first-order valence-corrected chi connectivity index (χ1v) is 15.5. The van der Waals surface area contributed by atoms with Crippen LogP contribution in [0, 0.1) is 5.82 Å². The molecule has 16 heteroatoms. The van der Waals surface area contributed by atoms with Crippen molar-refractivity contribution in [3.63, 3.8) is 0 Å². The van der Waals surface area contributed by atoms with E-state index in [0.29, 0.717) is 35.7 Å². The molecule has 2 aromatic heterocycles. The number of ether oxygens (including phenoxy) is 4. The molecule has 0 unspecified atom stereocenters. The zero-order valence-electron chi connectivity index (χ0n) is 23.7. The fourth-order valence-corrected chi connectivity index (χ4v) is 6.09.